The van der Waals surface area contributed by atoms with E-state index in [9.17, 15) is 8.42 Å². The van der Waals surface area contributed by atoms with Crippen LogP contribution < -0.4 is 9.47 Å². The van der Waals surface area contributed by atoms with Crippen LogP contribution in [-0.2, 0) is 16.6 Å². The van der Waals surface area contributed by atoms with Crippen molar-refractivity contribution in [3.05, 3.63) is 53.1 Å². The van der Waals surface area contributed by atoms with Crippen LogP contribution in [0.4, 0.5) is 0 Å². The molecular weight excluding hydrogens is 376 g/mol. The minimum atomic E-state index is -3.47. The standard InChI is InChI=1S/C21H28N2O4S/c1-16-5-8-21(17(2)13-16)28(24,25)23-11-9-22(10-12-23)15-18-14-19(26-3)6-7-20(18)27-4/h5-8,13-14H,9-12,15H2,1-4H3. The Hall–Kier alpha value is -2.09. The molecule has 0 radical (unpaired) electrons. The van der Waals surface area contributed by atoms with E-state index in [0.717, 1.165) is 28.2 Å². The first-order valence-electron chi connectivity index (χ1n) is 9.36. The largest absolute Gasteiger partial charge is 0.497 e. The number of sulfonamides is 1. The van der Waals surface area contributed by atoms with E-state index >= 15 is 0 Å². The maximum atomic E-state index is 13.0. The average molecular weight is 405 g/mol. The molecule has 0 atom stereocenters. The number of benzene rings is 2. The third kappa shape index (κ3) is 4.32. The van der Waals surface area contributed by atoms with Gasteiger partial charge in [0.2, 0.25) is 10.0 Å². The predicted molar refractivity (Wildman–Crippen MR) is 109 cm³/mol. The summed E-state index contributed by atoms with van der Waals surface area (Å²) in [4.78, 5) is 2.65. The molecule has 0 spiro atoms. The van der Waals surface area contributed by atoms with Gasteiger partial charge in [-0.25, -0.2) is 8.42 Å². The van der Waals surface area contributed by atoms with Gasteiger partial charge in [-0.3, -0.25) is 4.90 Å². The minimum Gasteiger partial charge on any atom is -0.497 e. The van der Waals surface area contributed by atoms with Crippen molar-refractivity contribution in [3.63, 3.8) is 0 Å². The minimum absolute atomic E-state index is 0.404. The van der Waals surface area contributed by atoms with Gasteiger partial charge in [0.05, 0.1) is 19.1 Å². The zero-order valence-electron chi connectivity index (χ0n) is 16.9. The summed E-state index contributed by atoms with van der Waals surface area (Å²) in [7, 11) is -0.174. The molecule has 1 aliphatic heterocycles. The maximum absolute atomic E-state index is 13.0. The summed E-state index contributed by atoms with van der Waals surface area (Å²) in [6.07, 6.45) is 0. The number of nitrogens with zero attached hydrogens (tertiary/aromatic N) is 2. The molecule has 6 nitrogen and oxygen atoms in total. The molecule has 0 saturated carbocycles. The van der Waals surface area contributed by atoms with Crippen molar-refractivity contribution in [2.24, 2.45) is 0 Å². The molecule has 2 aromatic rings. The number of hydrogen-bond acceptors (Lipinski definition) is 5. The van der Waals surface area contributed by atoms with Gasteiger partial charge in [-0.1, -0.05) is 17.7 Å². The second kappa shape index (κ2) is 8.51. The van der Waals surface area contributed by atoms with E-state index in [4.69, 9.17) is 9.47 Å². The van der Waals surface area contributed by atoms with Crippen LogP contribution in [0.5, 0.6) is 11.5 Å². The lowest BCUT2D eigenvalue weighted by Crippen LogP contribution is -2.48. The Morgan fingerprint density at radius 1 is 0.929 bits per heavy atom. The molecular formula is C21H28N2O4S. The average Bonchev–Trinajstić information content (AvgIpc) is 2.68. The van der Waals surface area contributed by atoms with E-state index in [1.54, 1.807) is 24.6 Å². The third-order valence-electron chi connectivity index (χ3n) is 5.16. The van der Waals surface area contributed by atoms with Crippen LogP contribution in [0.15, 0.2) is 41.3 Å². The molecule has 0 aliphatic carbocycles. The SMILES string of the molecule is COc1ccc(OC)c(CN2CCN(S(=O)(=O)c3ccc(C)cc3C)CC2)c1. The Morgan fingerprint density at radius 2 is 1.64 bits per heavy atom. The van der Waals surface area contributed by atoms with Crippen LogP contribution in [0, 0.1) is 13.8 Å². The Kier molecular flexibility index (Phi) is 6.27. The molecule has 1 saturated heterocycles. The second-order valence-corrected chi connectivity index (χ2v) is 9.03. The lowest BCUT2D eigenvalue weighted by molar-refractivity contribution is 0.180. The highest BCUT2D eigenvalue weighted by atomic mass is 32.2. The smallest absolute Gasteiger partial charge is 0.243 e. The van der Waals surface area contributed by atoms with Crippen LogP contribution in [0.1, 0.15) is 16.7 Å². The first-order valence-corrected chi connectivity index (χ1v) is 10.8. The van der Waals surface area contributed by atoms with Gasteiger partial charge in [-0.05, 0) is 43.7 Å². The Labute approximate surface area is 167 Å². The number of piperazine rings is 1. The first-order chi connectivity index (χ1) is 13.3. The molecule has 0 bridgehead atoms. The molecule has 1 aliphatic rings. The fourth-order valence-electron chi connectivity index (χ4n) is 3.60. The lowest BCUT2D eigenvalue weighted by atomic mass is 10.1. The van der Waals surface area contributed by atoms with Crippen LogP contribution in [0.3, 0.4) is 0 Å². The van der Waals surface area contributed by atoms with Crippen LogP contribution in [-0.4, -0.2) is 58.0 Å². The Morgan fingerprint density at radius 3 is 2.25 bits per heavy atom. The van der Waals surface area contributed by atoms with Crippen molar-refractivity contribution in [1.29, 1.82) is 0 Å². The van der Waals surface area contributed by atoms with Gasteiger partial charge in [-0.15, -0.1) is 0 Å². The van der Waals surface area contributed by atoms with Crippen molar-refractivity contribution in [1.82, 2.24) is 9.21 Å². The zero-order chi connectivity index (χ0) is 20.3. The highest BCUT2D eigenvalue weighted by Gasteiger charge is 2.29. The van der Waals surface area contributed by atoms with E-state index in [-0.39, 0.29) is 0 Å². The summed E-state index contributed by atoms with van der Waals surface area (Å²) in [6.45, 7) is 6.80. The van der Waals surface area contributed by atoms with Gasteiger partial charge in [0.15, 0.2) is 0 Å². The molecule has 2 aromatic carbocycles. The van der Waals surface area contributed by atoms with Gasteiger partial charge in [0, 0.05) is 38.3 Å². The normalized spacial score (nSPS) is 16.1. The molecule has 7 heteroatoms. The number of rotatable bonds is 6. The fraction of sp³-hybridized carbons (Fsp3) is 0.429. The zero-order valence-corrected chi connectivity index (χ0v) is 17.8. The van der Waals surface area contributed by atoms with E-state index in [1.165, 1.54) is 0 Å². The van der Waals surface area contributed by atoms with Crippen molar-refractivity contribution in [3.8, 4) is 11.5 Å². The van der Waals surface area contributed by atoms with Crippen LogP contribution >= 0.6 is 0 Å². The predicted octanol–water partition coefficient (Wildman–Crippen LogP) is 2.83. The van der Waals surface area contributed by atoms with Gasteiger partial charge < -0.3 is 9.47 Å². The quantitative estimate of drug-likeness (QED) is 0.741. The number of methoxy groups -OCH3 is 2. The van der Waals surface area contributed by atoms with E-state index in [0.29, 0.717) is 37.6 Å². The monoisotopic (exact) mass is 404 g/mol. The van der Waals surface area contributed by atoms with Crippen LogP contribution in [0.25, 0.3) is 0 Å². The lowest BCUT2D eigenvalue weighted by Gasteiger charge is -2.34. The molecule has 1 fully saturated rings. The highest BCUT2D eigenvalue weighted by Crippen LogP contribution is 2.27. The van der Waals surface area contributed by atoms with Crippen molar-refractivity contribution in [2.45, 2.75) is 25.3 Å². The number of hydrogen-bond donors (Lipinski definition) is 0. The molecule has 28 heavy (non-hydrogen) atoms. The molecule has 0 unspecified atom stereocenters. The van der Waals surface area contributed by atoms with Gasteiger partial charge in [0.1, 0.15) is 11.5 Å². The van der Waals surface area contributed by atoms with Gasteiger partial charge in [0.25, 0.3) is 0 Å². The van der Waals surface area contributed by atoms with E-state index < -0.39 is 10.0 Å². The summed E-state index contributed by atoms with van der Waals surface area (Å²) in [6, 6.07) is 11.2. The molecule has 0 amide bonds. The van der Waals surface area contributed by atoms with Gasteiger partial charge >= 0.3 is 0 Å². The number of ether oxygens (including phenoxy) is 2. The summed E-state index contributed by atoms with van der Waals surface area (Å²) in [5.74, 6) is 1.60. The van der Waals surface area contributed by atoms with Crippen LogP contribution in [0.2, 0.25) is 0 Å². The highest BCUT2D eigenvalue weighted by molar-refractivity contribution is 7.89. The van der Waals surface area contributed by atoms with Crippen molar-refractivity contribution < 1.29 is 17.9 Å². The Bertz CT molecular complexity index is 935. The van der Waals surface area contributed by atoms with E-state index in [2.05, 4.69) is 4.90 Å². The fourth-order valence-corrected chi connectivity index (χ4v) is 5.23. The number of aryl methyl sites for hydroxylation is 2. The summed E-state index contributed by atoms with van der Waals surface area (Å²) < 4.78 is 38.4. The molecule has 1 heterocycles. The third-order valence-corrected chi connectivity index (χ3v) is 7.22. The van der Waals surface area contributed by atoms with Crippen molar-refractivity contribution >= 4 is 10.0 Å². The molecule has 0 N–H and O–H groups in total. The maximum Gasteiger partial charge on any atom is 0.243 e. The Balaban J connectivity index is 1.69. The first kappa shape index (κ1) is 20.6. The molecule has 0 aromatic heterocycles. The second-order valence-electron chi connectivity index (χ2n) is 7.13. The molecule has 3 rings (SSSR count). The van der Waals surface area contributed by atoms with Gasteiger partial charge in [-0.2, -0.15) is 4.31 Å². The summed E-state index contributed by atoms with van der Waals surface area (Å²) in [5.41, 5.74) is 2.89. The van der Waals surface area contributed by atoms with E-state index in [1.807, 2.05) is 44.2 Å². The van der Waals surface area contributed by atoms with Crippen molar-refractivity contribution in [2.75, 3.05) is 40.4 Å². The summed E-state index contributed by atoms with van der Waals surface area (Å²) >= 11 is 0. The topological polar surface area (TPSA) is 59.1 Å². The summed E-state index contributed by atoms with van der Waals surface area (Å²) in [5, 5.41) is 0. The molecule has 152 valence electrons.